The summed E-state index contributed by atoms with van der Waals surface area (Å²) in [6.45, 7) is 0.253. The average molecular weight is 430 g/mol. The van der Waals surface area contributed by atoms with Gasteiger partial charge in [0.2, 0.25) is 0 Å². The van der Waals surface area contributed by atoms with Crippen molar-refractivity contribution in [1.82, 2.24) is 0 Å². The third-order valence-electron chi connectivity index (χ3n) is 4.54. The number of halogens is 1. The Bertz CT molecular complexity index is 1220. The van der Waals surface area contributed by atoms with Crippen LogP contribution in [0.15, 0.2) is 95.6 Å². The van der Waals surface area contributed by atoms with Crippen LogP contribution in [0.25, 0.3) is 0 Å². The third kappa shape index (κ3) is 5.40. The number of hydrogen-bond acceptors (Lipinski definition) is 4. The van der Waals surface area contributed by atoms with Crippen LogP contribution in [-0.2, 0) is 6.61 Å². The largest absolute Gasteiger partial charge is 0.489 e. The number of furan rings is 1. The molecule has 4 aromatic rings. The van der Waals surface area contributed by atoms with E-state index in [1.165, 1.54) is 18.4 Å². The Morgan fingerprint density at radius 3 is 2.25 bits per heavy atom. The molecule has 1 aromatic heterocycles. The molecule has 7 heteroatoms. The molecule has 0 fully saturated rings. The van der Waals surface area contributed by atoms with Gasteiger partial charge in [0.25, 0.3) is 11.8 Å². The van der Waals surface area contributed by atoms with Crippen LogP contribution in [-0.4, -0.2) is 11.8 Å². The van der Waals surface area contributed by atoms with Gasteiger partial charge in [0, 0.05) is 16.9 Å². The second-order valence-corrected chi connectivity index (χ2v) is 6.91. The lowest BCUT2D eigenvalue weighted by Gasteiger charge is -2.10. The first-order chi connectivity index (χ1) is 15.6. The Labute approximate surface area is 183 Å². The molecular weight excluding hydrogens is 411 g/mol. The lowest BCUT2D eigenvalue weighted by molar-refractivity contribution is 0.0995. The molecule has 2 N–H and O–H groups in total. The average Bonchev–Trinajstić information content (AvgIpc) is 3.34. The number of nitrogens with one attached hydrogen (secondary N) is 2. The number of carbonyl (C=O) groups is 2. The number of carbonyl (C=O) groups excluding carboxylic acids is 2. The molecule has 0 aliphatic carbocycles. The molecular formula is C25H19FN2O4. The topological polar surface area (TPSA) is 80.6 Å². The van der Waals surface area contributed by atoms with Crippen molar-refractivity contribution in [2.24, 2.45) is 0 Å². The maximum Gasteiger partial charge on any atom is 0.291 e. The SMILES string of the molecule is O=C(Nc1cccc(NC(=O)c2ccco2)c1)c1cccc(OCc2ccc(F)cc2)c1. The van der Waals surface area contributed by atoms with E-state index in [4.69, 9.17) is 9.15 Å². The van der Waals surface area contributed by atoms with Crippen LogP contribution >= 0.6 is 0 Å². The van der Waals surface area contributed by atoms with Crippen LogP contribution in [0, 0.1) is 5.82 Å². The molecule has 0 saturated heterocycles. The number of benzene rings is 3. The molecule has 0 saturated carbocycles. The minimum absolute atomic E-state index is 0.192. The Hall–Kier alpha value is -4.39. The van der Waals surface area contributed by atoms with Gasteiger partial charge in [0.1, 0.15) is 18.2 Å². The first-order valence-electron chi connectivity index (χ1n) is 9.80. The first kappa shape index (κ1) is 20.9. The standard InChI is InChI=1S/C25H19FN2O4/c26-19-11-9-17(10-12-19)16-32-22-7-1-4-18(14-22)24(29)27-20-5-2-6-21(15-20)28-25(30)23-8-3-13-31-23/h1-15H,16H2,(H,27,29)(H,28,30). The summed E-state index contributed by atoms with van der Waals surface area (Å²) in [6.07, 6.45) is 1.42. The molecule has 160 valence electrons. The van der Waals surface area contributed by atoms with Crippen LogP contribution in [0.2, 0.25) is 0 Å². The molecule has 32 heavy (non-hydrogen) atoms. The molecule has 0 radical (unpaired) electrons. The van der Waals surface area contributed by atoms with Crippen molar-refractivity contribution in [2.45, 2.75) is 6.61 Å². The highest BCUT2D eigenvalue weighted by molar-refractivity contribution is 6.05. The lowest BCUT2D eigenvalue weighted by Crippen LogP contribution is -2.13. The van der Waals surface area contributed by atoms with Gasteiger partial charge in [-0.05, 0) is 66.2 Å². The zero-order chi connectivity index (χ0) is 22.3. The van der Waals surface area contributed by atoms with E-state index in [1.807, 2.05) is 0 Å². The molecule has 0 unspecified atom stereocenters. The summed E-state index contributed by atoms with van der Waals surface area (Å²) in [4.78, 5) is 24.8. The van der Waals surface area contributed by atoms with Gasteiger partial charge in [-0.15, -0.1) is 0 Å². The summed E-state index contributed by atoms with van der Waals surface area (Å²) >= 11 is 0. The summed E-state index contributed by atoms with van der Waals surface area (Å²) in [5, 5.41) is 5.52. The number of rotatable bonds is 7. The predicted octanol–water partition coefficient (Wildman–Crippen LogP) is 5.50. The van der Waals surface area contributed by atoms with Gasteiger partial charge >= 0.3 is 0 Å². The maximum absolute atomic E-state index is 13.0. The number of anilines is 2. The molecule has 1 heterocycles. The number of amides is 2. The number of hydrogen-bond donors (Lipinski definition) is 2. The van der Waals surface area contributed by atoms with Crippen molar-refractivity contribution in [3.63, 3.8) is 0 Å². The Kier molecular flexibility index (Phi) is 6.27. The zero-order valence-electron chi connectivity index (χ0n) is 16.9. The van der Waals surface area contributed by atoms with Gasteiger partial charge in [-0.3, -0.25) is 9.59 Å². The molecule has 0 bridgehead atoms. The fourth-order valence-electron chi connectivity index (χ4n) is 2.95. The van der Waals surface area contributed by atoms with Gasteiger partial charge < -0.3 is 19.8 Å². The van der Waals surface area contributed by atoms with Gasteiger partial charge in [0.05, 0.1) is 6.26 Å². The number of ether oxygens (including phenoxy) is 1. The van der Waals surface area contributed by atoms with Crippen LogP contribution in [0.3, 0.4) is 0 Å². The van der Waals surface area contributed by atoms with Gasteiger partial charge in [-0.25, -0.2) is 4.39 Å². The fraction of sp³-hybridized carbons (Fsp3) is 0.0400. The molecule has 0 spiro atoms. The van der Waals surface area contributed by atoms with Crippen molar-refractivity contribution in [2.75, 3.05) is 10.6 Å². The molecule has 0 aliphatic heterocycles. The summed E-state index contributed by atoms with van der Waals surface area (Å²) in [5.41, 5.74) is 2.26. The molecule has 6 nitrogen and oxygen atoms in total. The minimum atomic E-state index is -0.385. The first-order valence-corrected chi connectivity index (χ1v) is 9.80. The normalized spacial score (nSPS) is 10.4. The van der Waals surface area contributed by atoms with Crippen LogP contribution in [0.5, 0.6) is 5.75 Å². The van der Waals surface area contributed by atoms with Gasteiger partial charge in [-0.1, -0.05) is 24.3 Å². The van der Waals surface area contributed by atoms with Crippen molar-refractivity contribution >= 4 is 23.2 Å². The van der Waals surface area contributed by atoms with Crippen LogP contribution in [0.4, 0.5) is 15.8 Å². The molecule has 0 aliphatic rings. The van der Waals surface area contributed by atoms with Crippen molar-refractivity contribution in [1.29, 1.82) is 0 Å². The minimum Gasteiger partial charge on any atom is -0.489 e. The molecule has 0 atom stereocenters. The summed E-state index contributed by atoms with van der Waals surface area (Å²) in [6, 6.07) is 22.8. The monoisotopic (exact) mass is 430 g/mol. The highest BCUT2D eigenvalue weighted by atomic mass is 19.1. The van der Waals surface area contributed by atoms with Crippen LogP contribution in [0.1, 0.15) is 26.5 Å². The maximum atomic E-state index is 13.0. The van der Waals surface area contributed by atoms with Crippen molar-refractivity contribution in [3.05, 3.63) is 114 Å². The second-order valence-electron chi connectivity index (χ2n) is 6.91. The quantitative estimate of drug-likeness (QED) is 0.406. The molecule has 4 rings (SSSR count). The fourth-order valence-corrected chi connectivity index (χ4v) is 2.95. The van der Waals surface area contributed by atoms with E-state index >= 15 is 0 Å². The van der Waals surface area contributed by atoms with Gasteiger partial charge in [0.15, 0.2) is 5.76 Å². The predicted molar refractivity (Wildman–Crippen MR) is 118 cm³/mol. The van der Waals surface area contributed by atoms with E-state index in [-0.39, 0.29) is 30.0 Å². The summed E-state index contributed by atoms with van der Waals surface area (Å²) in [7, 11) is 0. The highest BCUT2D eigenvalue weighted by Crippen LogP contribution is 2.20. The Morgan fingerprint density at radius 1 is 0.812 bits per heavy atom. The third-order valence-corrected chi connectivity index (χ3v) is 4.54. The molecule has 2 amide bonds. The smallest absolute Gasteiger partial charge is 0.291 e. The van der Waals surface area contributed by atoms with E-state index in [0.717, 1.165) is 5.56 Å². The molecule has 3 aromatic carbocycles. The van der Waals surface area contributed by atoms with Crippen molar-refractivity contribution in [3.8, 4) is 5.75 Å². The van der Waals surface area contributed by atoms with Gasteiger partial charge in [-0.2, -0.15) is 0 Å². The van der Waals surface area contributed by atoms with E-state index in [9.17, 15) is 14.0 Å². The van der Waals surface area contributed by atoms with E-state index < -0.39 is 0 Å². The highest BCUT2D eigenvalue weighted by Gasteiger charge is 2.11. The van der Waals surface area contributed by atoms with E-state index in [0.29, 0.717) is 22.7 Å². The summed E-state index contributed by atoms with van der Waals surface area (Å²) in [5.74, 6) is -0.313. The van der Waals surface area contributed by atoms with Crippen molar-refractivity contribution < 1.29 is 23.1 Å². The lowest BCUT2D eigenvalue weighted by atomic mass is 10.2. The van der Waals surface area contributed by atoms with Crippen LogP contribution < -0.4 is 15.4 Å². The Morgan fingerprint density at radius 2 is 1.53 bits per heavy atom. The van der Waals surface area contributed by atoms with E-state index in [2.05, 4.69) is 10.6 Å². The van der Waals surface area contributed by atoms with E-state index in [1.54, 1.807) is 72.8 Å². The second kappa shape index (κ2) is 9.61. The summed E-state index contributed by atoms with van der Waals surface area (Å²) < 4.78 is 23.8. The Balaban J connectivity index is 1.39. The zero-order valence-corrected chi connectivity index (χ0v) is 16.9.